The molecule has 6 heteroatoms. The zero-order valence-electron chi connectivity index (χ0n) is 11.7. The number of non-ortho nitro benzene ring substituents is 1. The van der Waals surface area contributed by atoms with Gasteiger partial charge in [-0.2, -0.15) is 0 Å². The Kier molecular flexibility index (Phi) is 3.96. The van der Waals surface area contributed by atoms with E-state index in [1.54, 1.807) is 30.5 Å². The maximum Gasteiger partial charge on any atom is 0.278 e. The third-order valence-corrected chi connectivity index (χ3v) is 3.91. The van der Waals surface area contributed by atoms with Gasteiger partial charge < -0.3 is 10.6 Å². The quantitative estimate of drug-likeness (QED) is 0.652. The molecule has 0 aliphatic carbocycles. The monoisotopic (exact) mass is 286 g/mol. The van der Waals surface area contributed by atoms with Crippen molar-refractivity contribution in [2.75, 3.05) is 18.4 Å². The van der Waals surface area contributed by atoms with Gasteiger partial charge in [-0.05, 0) is 44.0 Å². The normalized spacial score (nSPS) is 18.0. The van der Waals surface area contributed by atoms with Crippen molar-refractivity contribution in [3.63, 3.8) is 0 Å². The predicted octanol–water partition coefficient (Wildman–Crippen LogP) is 2.70. The number of nitrogens with one attached hydrogen (secondary N) is 2. The van der Waals surface area contributed by atoms with E-state index in [9.17, 15) is 10.1 Å². The van der Waals surface area contributed by atoms with Gasteiger partial charge in [-0.15, -0.1) is 0 Å². The van der Waals surface area contributed by atoms with E-state index in [4.69, 9.17) is 0 Å². The minimum Gasteiger partial charge on any atom is -0.383 e. The number of rotatable bonds is 5. The molecule has 3 rings (SSSR count). The van der Waals surface area contributed by atoms with Crippen LogP contribution in [-0.4, -0.2) is 29.0 Å². The summed E-state index contributed by atoms with van der Waals surface area (Å²) in [6.45, 7) is 1.94. The summed E-state index contributed by atoms with van der Waals surface area (Å²) in [5.74, 6) is 0. The lowest BCUT2D eigenvalue weighted by atomic mass is 10.1. The van der Waals surface area contributed by atoms with Gasteiger partial charge in [0.25, 0.3) is 5.69 Å². The molecule has 0 unspecified atom stereocenters. The fourth-order valence-electron chi connectivity index (χ4n) is 2.84. The summed E-state index contributed by atoms with van der Waals surface area (Å²) < 4.78 is 0. The van der Waals surface area contributed by atoms with Crippen LogP contribution in [0.25, 0.3) is 10.9 Å². The molecule has 6 nitrogen and oxygen atoms in total. The summed E-state index contributed by atoms with van der Waals surface area (Å²) in [7, 11) is 0. The van der Waals surface area contributed by atoms with Gasteiger partial charge in [-0.25, -0.2) is 0 Å². The minimum absolute atomic E-state index is 0.0982. The van der Waals surface area contributed by atoms with E-state index in [1.807, 2.05) is 0 Å². The molecule has 1 atom stereocenters. The van der Waals surface area contributed by atoms with Crippen molar-refractivity contribution in [2.45, 2.75) is 25.3 Å². The van der Waals surface area contributed by atoms with E-state index in [1.165, 1.54) is 12.8 Å². The lowest BCUT2D eigenvalue weighted by molar-refractivity contribution is -0.383. The van der Waals surface area contributed by atoms with Gasteiger partial charge in [0.2, 0.25) is 0 Å². The second-order valence-electron chi connectivity index (χ2n) is 5.30. The van der Waals surface area contributed by atoms with Crippen molar-refractivity contribution in [3.8, 4) is 0 Å². The molecule has 110 valence electrons. The zero-order chi connectivity index (χ0) is 14.7. The van der Waals surface area contributed by atoms with Gasteiger partial charge in [0, 0.05) is 24.8 Å². The van der Waals surface area contributed by atoms with Crippen LogP contribution in [0, 0.1) is 10.1 Å². The number of benzene rings is 1. The van der Waals surface area contributed by atoms with E-state index < -0.39 is 0 Å². The number of nitrogens with zero attached hydrogens (tertiary/aromatic N) is 2. The molecule has 21 heavy (non-hydrogen) atoms. The lowest BCUT2D eigenvalue weighted by Gasteiger charge is -2.12. The fourth-order valence-corrected chi connectivity index (χ4v) is 2.84. The molecule has 0 amide bonds. The number of nitro benzene ring substituents is 1. The van der Waals surface area contributed by atoms with Crippen LogP contribution in [0.15, 0.2) is 30.5 Å². The number of anilines is 1. The second-order valence-corrected chi connectivity index (χ2v) is 5.30. The van der Waals surface area contributed by atoms with E-state index in [-0.39, 0.29) is 10.6 Å². The Hall–Kier alpha value is -2.21. The van der Waals surface area contributed by atoms with Crippen LogP contribution in [0.3, 0.4) is 0 Å². The van der Waals surface area contributed by atoms with Crippen molar-refractivity contribution >= 4 is 22.3 Å². The number of aromatic nitrogens is 1. The molecular weight excluding hydrogens is 268 g/mol. The van der Waals surface area contributed by atoms with Crippen LogP contribution in [0.5, 0.6) is 0 Å². The molecule has 0 spiro atoms. The molecule has 0 radical (unpaired) electrons. The standard InChI is InChI=1S/C15H18N4O2/c20-19(21)14-6-5-13(15-12(14)4-2-9-18-15)17-10-7-11-3-1-8-16-11/h2,4-6,9,11,16-17H,1,3,7-8,10H2/t11-/m1/s1. The highest BCUT2D eigenvalue weighted by atomic mass is 16.6. The van der Waals surface area contributed by atoms with Crippen LogP contribution >= 0.6 is 0 Å². The van der Waals surface area contributed by atoms with Crippen molar-refractivity contribution in [1.29, 1.82) is 0 Å². The van der Waals surface area contributed by atoms with Crippen molar-refractivity contribution in [3.05, 3.63) is 40.6 Å². The Morgan fingerprint density at radius 1 is 1.43 bits per heavy atom. The van der Waals surface area contributed by atoms with Crippen LogP contribution < -0.4 is 10.6 Å². The van der Waals surface area contributed by atoms with Gasteiger partial charge in [0.05, 0.1) is 16.0 Å². The highest BCUT2D eigenvalue weighted by Crippen LogP contribution is 2.29. The maximum atomic E-state index is 11.1. The van der Waals surface area contributed by atoms with Crippen molar-refractivity contribution in [1.82, 2.24) is 10.3 Å². The Morgan fingerprint density at radius 3 is 3.10 bits per heavy atom. The Morgan fingerprint density at radius 2 is 2.33 bits per heavy atom. The zero-order valence-corrected chi connectivity index (χ0v) is 11.7. The highest BCUT2D eigenvalue weighted by Gasteiger charge is 2.16. The number of fused-ring (bicyclic) bond motifs is 1. The first-order valence-electron chi connectivity index (χ1n) is 7.25. The molecule has 1 aromatic heterocycles. The molecule has 2 heterocycles. The van der Waals surface area contributed by atoms with Crippen LogP contribution in [0.4, 0.5) is 11.4 Å². The van der Waals surface area contributed by atoms with Crippen LogP contribution in [0.1, 0.15) is 19.3 Å². The highest BCUT2D eigenvalue weighted by molar-refractivity contribution is 5.96. The molecule has 1 fully saturated rings. The first-order valence-corrected chi connectivity index (χ1v) is 7.25. The first-order chi connectivity index (χ1) is 10.3. The molecule has 0 saturated carbocycles. The summed E-state index contributed by atoms with van der Waals surface area (Å²) in [5, 5.41) is 18.5. The third kappa shape index (κ3) is 2.95. The number of nitro groups is 1. The van der Waals surface area contributed by atoms with E-state index >= 15 is 0 Å². The van der Waals surface area contributed by atoms with Crippen molar-refractivity contribution in [2.24, 2.45) is 0 Å². The van der Waals surface area contributed by atoms with E-state index in [2.05, 4.69) is 15.6 Å². The van der Waals surface area contributed by atoms with Gasteiger partial charge in [-0.3, -0.25) is 15.1 Å². The second kappa shape index (κ2) is 6.05. The van der Waals surface area contributed by atoms with E-state index in [0.717, 1.165) is 25.2 Å². The minimum atomic E-state index is -0.365. The average Bonchev–Trinajstić information content (AvgIpc) is 3.00. The topological polar surface area (TPSA) is 80.1 Å². The molecule has 1 aliphatic rings. The molecule has 1 aliphatic heterocycles. The molecule has 2 N–H and O–H groups in total. The number of hydrogen-bond donors (Lipinski definition) is 2. The summed E-state index contributed by atoms with van der Waals surface area (Å²) in [6, 6.07) is 7.33. The Labute approximate surface area is 122 Å². The number of pyridine rings is 1. The maximum absolute atomic E-state index is 11.1. The van der Waals surface area contributed by atoms with E-state index in [0.29, 0.717) is 16.9 Å². The fraction of sp³-hybridized carbons (Fsp3) is 0.400. The summed E-state index contributed by atoms with van der Waals surface area (Å²) in [5.41, 5.74) is 1.61. The summed E-state index contributed by atoms with van der Waals surface area (Å²) in [4.78, 5) is 15.0. The van der Waals surface area contributed by atoms with Gasteiger partial charge >= 0.3 is 0 Å². The average molecular weight is 286 g/mol. The Bertz CT molecular complexity index is 653. The number of hydrogen-bond acceptors (Lipinski definition) is 5. The lowest BCUT2D eigenvalue weighted by Crippen LogP contribution is -2.24. The van der Waals surface area contributed by atoms with Crippen molar-refractivity contribution < 1.29 is 4.92 Å². The molecular formula is C15H18N4O2. The van der Waals surface area contributed by atoms with Crippen LogP contribution in [-0.2, 0) is 0 Å². The molecule has 1 saturated heterocycles. The summed E-state index contributed by atoms with van der Waals surface area (Å²) in [6.07, 6.45) is 5.18. The third-order valence-electron chi connectivity index (χ3n) is 3.91. The van der Waals surface area contributed by atoms with Gasteiger partial charge in [0.15, 0.2) is 0 Å². The SMILES string of the molecule is O=[N+]([O-])c1ccc(NCC[C@H]2CCCN2)c2ncccc12. The molecule has 0 bridgehead atoms. The molecule has 2 aromatic rings. The Balaban J connectivity index is 1.79. The first kappa shape index (κ1) is 13.8. The smallest absolute Gasteiger partial charge is 0.278 e. The van der Waals surface area contributed by atoms with Gasteiger partial charge in [0.1, 0.15) is 5.52 Å². The largest absolute Gasteiger partial charge is 0.383 e. The molecule has 1 aromatic carbocycles. The van der Waals surface area contributed by atoms with Gasteiger partial charge in [-0.1, -0.05) is 0 Å². The van der Waals surface area contributed by atoms with Crippen LogP contribution in [0.2, 0.25) is 0 Å². The summed E-state index contributed by atoms with van der Waals surface area (Å²) >= 11 is 0. The predicted molar refractivity (Wildman–Crippen MR) is 82.5 cm³/mol.